The number of anilines is 1. The lowest BCUT2D eigenvalue weighted by molar-refractivity contribution is 0.508. The largest absolute Gasteiger partial charge is 0.347 e. The molecule has 1 heterocycles. The van der Waals surface area contributed by atoms with Crippen molar-refractivity contribution in [2.24, 2.45) is 4.74 Å². The van der Waals surface area contributed by atoms with E-state index >= 15 is 0 Å². The average Bonchev–Trinajstić information content (AvgIpc) is 3.02. The van der Waals surface area contributed by atoms with Crippen molar-refractivity contribution in [3.8, 4) is 0 Å². The predicted molar refractivity (Wildman–Crippen MR) is 150 cm³/mol. The number of fused-ring (bicyclic) bond motifs is 1. The van der Waals surface area contributed by atoms with Crippen molar-refractivity contribution in [1.82, 2.24) is 4.67 Å². The van der Waals surface area contributed by atoms with Crippen LogP contribution in [0.25, 0.3) is 0 Å². The molecule has 0 aromatic heterocycles. The smallest absolute Gasteiger partial charge is 0.0897 e. The molecule has 0 fully saturated rings. The third-order valence-corrected chi connectivity index (χ3v) is 10.8. The Labute approximate surface area is 206 Å². The molecule has 0 bridgehead atoms. The van der Waals surface area contributed by atoms with Crippen LogP contribution in [0.1, 0.15) is 44.4 Å². The Bertz CT molecular complexity index is 1250. The highest BCUT2D eigenvalue weighted by Gasteiger charge is 2.40. The Hall–Kier alpha value is -2.61. The van der Waals surface area contributed by atoms with Gasteiger partial charge in [0.1, 0.15) is 0 Å². The van der Waals surface area contributed by atoms with Gasteiger partial charge in [0, 0.05) is 42.2 Å². The van der Waals surface area contributed by atoms with Crippen molar-refractivity contribution >= 4 is 23.9 Å². The van der Waals surface area contributed by atoms with Gasteiger partial charge in [-0.15, -0.1) is 0 Å². The summed E-state index contributed by atoms with van der Waals surface area (Å²) in [6.07, 6.45) is 0. The maximum atomic E-state index is 5.70. The van der Waals surface area contributed by atoms with Gasteiger partial charge in [0.25, 0.3) is 0 Å². The van der Waals surface area contributed by atoms with Crippen molar-refractivity contribution in [2.45, 2.75) is 47.0 Å². The standard InChI is InChI=1S/C30H38N3P/c1-8-33(9-2)34(25-15-11-10-12-16-25,31-27-20-19-23(3)21-24(27)4)22-29-30(5,6)26-17-13-14-18-28(26)32(29)7/h10-22H,8-9H2,1-7H3/b29-22-. The maximum Gasteiger partial charge on any atom is 0.0897 e. The van der Waals surface area contributed by atoms with Gasteiger partial charge in [0.05, 0.1) is 12.9 Å². The monoisotopic (exact) mass is 471 g/mol. The lowest BCUT2D eigenvalue weighted by atomic mass is 9.84. The number of hydrogen-bond acceptors (Lipinski definition) is 2. The number of aryl methyl sites for hydroxylation is 2. The van der Waals surface area contributed by atoms with E-state index in [4.69, 9.17) is 4.74 Å². The Morgan fingerprint density at radius 1 is 0.912 bits per heavy atom. The predicted octanol–water partition coefficient (Wildman–Crippen LogP) is 7.99. The molecule has 0 aliphatic carbocycles. The van der Waals surface area contributed by atoms with Gasteiger partial charge in [-0.3, -0.25) is 4.67 Å². The van der Waals surface area contributed by atoms with Crippen LogP contribution in [0.4, 0.5) is 11.4 Å². The van der Waals surface area contributed by atoms with Crippen LogP contribution in [0, 0.1) is 13.8 Å². The third kappa shape index (κ3) is 4.17. The fourth-order valence-corrected chi connectivity index (χ4v) is 9.06. The van der Waals surface area contributed by atoms with E-state index in [1.54, 1.807) is 0 Å². The van der Waals surface area contributed by atoms with E-state index in [1.165, 1.54) is 33.4 Å². The molecule has 34 heavy (non-hydrogen) atoms. The Morgan fingerprint density at radius 2 is 1.56 bits per heavy atom. The average molecular weight is 472 g/mol. The van der Waals surface area contributed by atoms with E-state index in [-0.39, 0.29) is 5.41 Å². The fraction of sp³-hybridized carbons (Fsp3) is 0.333. The minimum atomic E-state index is -2.26. The van der Waals surface area contributed by atoms with E-state index < -0.39 is 7.21 Å². The molecule has 3 aromatic rings. The summed E-state index contributed by atoms with van der Waals surface area (Å²) in [5.74, 6) is 2.54. The van der Waals surface area contributed by atoms with Crippen molar-refractivity contribution in [3.05, 3.63) is 101 Å². The summed E-state index contributed by atoms with van der Waals surface area (Å²) in [6.45, 7) is 15.4. The highest BCUT2D eigenvalue weighted by Crippen LogP contribution is 2.60. The van der Waals surface area contributed by atoms with Crippen LogP contribution in [0.5, 0.6) is 0 Å². The van der Waals surface area contributed by atoms with Gasteiger partial charge in [0.15, 0.2) is 0 Å². The SMILES string of the molecule is CCN(CC)P(/C=C1\N(C)c2ccccc2C1(C)C)(=Nc1ccc(C)cc1C)c1ccccc1. The highest BCUT2D eigenvalue weighted by atomic mass is 31.2. The minimum absolute atomic E-state index is 0.101. The molecular formula is C30H38N3P. The molecule has 1 aliphatic rings. The number of nitrogens with zero attached hydrogens (tertiary/aromatic N) is 3. The number of likely N-dealkylation sites (N-methyl/N-ethyl adjacent to an activating group) is 1. The maximum absolute atomic E-state index is 5.70. The molecule has 178 valence electrons. The van der Waals surface area contributed by atoms with Crippen LogP contribution >= 0.6 is 7.21 Å². The van der Waals surface area contributed by atoms with E-state index in [9.17, 15) is 0 Å². The Morgan fingerprint density at radius 3 is 2.18 bits per heavy atom. The molecule has 1 unspecified atom stereocenters. The second-order valence-electron chi connectivity index (χ2n) is 9.73. The Balaban J connectivity index is 2.09. The lowest BCUT2D eigenvalue weighted by Gasteiger charge is -2.36. The molecule has 0 N–H and O–H groups in total. The van der Waals surface area contributed by atoms with Gasteiger partial charge < -0.3 is 4.90 Å². The van der Waals surface area contributed by atoms with Crippen LogP contribution in [0.3, 0.4) is 0 Å². The first-order chi connectivity index (χ1) is 16.2. The van der Waals surface area contributed by atoms with Crippen LogP contribution in [0.2, 0.25) is 0 Å². The van der Waals surface area contributed by atoms with Crippen LogP contribution in [-0.2, 0) is 5.41 Å². The molecular weight excluding hydrogens is 433 g/mol. The van der Waals surface area contributed by atoms with E-state index in [0.29, 0.717) is 0 Å². The summed E-state index contributed by atoms with van der Waals surface area (Å²) in [4.78, 5) is 2.38. The summed E-state index contributed by atoms with van der Waals surface area (Å²) in [6, 6.07) is 26.4. The van der Waals surface area contributed by atoms with Gasteiger partial charge in [-0.2, -0.15) is 0 Å². The minimum Gasteiger partial charge on any atom is -0.347 e. The fourth-order valence-electron chi connectivity index (χ4n) is 5.25. The molecule has 1 atom stereocenters. The number of hydrogen-bond donors (Lipinski definition) is 0. The van der Waals surface area contributed by atoms with Crippen LogP contribution < -0.4 is 10.2 Å². The summed E-state index contributed by atoms with van der Waals surface area (Å²) >= 11 is 0. The topological polar surface area (TPSA) is 18.8 Å². The van der Waals surface area contributed by atoms with E-state index in [1.807, 2.05) is 0 Å². The van der Waals surface area contributed by atoms with Crippen LogP contribution in [-0.4, -0.2) is 24.8 Å². The first-order valence-electron chi connectivity index (χ1n) is 12.3. The summed E-state index contributed by atoms with van der Waals surface area (Å²) in [7, 11) is -0.0561. The lowest BCUT2D eigenvalue weighted by Crippen LogP contribution is -2.28. The second-order valence-corrected chi connectivity index (χ2v) is 12.6. The van der Waals surface area contributed by atoms with E-state index in [2.05, 4.69) is 137 Å². The van der Waals surface area contributed by atoms with Crippen molar-refractivity contribution in [1.29, 1.82) is 0 Å². The van der Waals surface area contributed by atoms with Gasteiger partial charge in [0.2, 0.25) is 0 Å². The highest BCUT2D eigenvalue weighted by molar-refractivity contribution is 7.74. The molecule has 3 aromatic carbocycles. The van der Waals surface area contributed by atoms with Crippen molar-refractivity contribution in [2.75, 3.05) is 25.0 Å². The first kappa shape index (κ1) is 24.5. The number of para-hydroxylation sites is 1. The molecule has 3 nitrogen and oxygen atoms in total. The summed E-state index contributed by atoms with van der Waals surface area (Å²) < 4.78 is 8.29. The molecule has 4 heteroatoms. The van der Waals surface area contributed by atoms with Crippen molar-refractivity contribution in [3.63, 3.8) is 0 Å². The zero-order valence-electron chi connectivity index (χ0n) is 21.7. The molecule has 0 radical (unpaired) electrons. The summed E-state index contributed by atoms with van der Waals surface area (Å²) in [5.41, 5.74) is 7.48. The van der Waals surface area contributed by atoms with Crippen LogP contribution in [0.15, 0.2) is 89.1 Å². The normalized spacial score (nSPS) is 17.6. The Kier molecular flexibility index (Phi) is 6.90. The van der Waals surface area contributed by atoms with Gasteiger partial charge >= 0.3 is 0 Å². The summed E-state index contributed by atoms with van der Waals surface area (Å²) in [5, 5.41) is 1.30. The molecule has 0 amide bonds. The van der Waals surface area contributed by atoms with Gasteiger partial charge in [-0.05, 0) is 42.9 Å². The molecule has 0 spiro atoms. The molecule has 1 aliphatic heterocycles. The van der Waals surface area contributed by atoms with Crippen molar-refractivity contribution < 1.29 is 0 Å². The molecule has 4 rings (SSSR count). The number of rotatable bonds is 6. The quantitative estimate of drug-likeness (QED) is 0.339. The van der Waals surface area contributed by atoms with Gasteiger partial charge in [-0.25, -0.2) is 4.74 Å². The third-order valence-electron chi connectivity index (χ3n) is 7.15. The van der Waals surface area contributed by atoms with E-state index in [0.717, 1.165) is 18.8 Å². The van der Waals surface area contributed by atoms with Gasteiger partial charge in [-0.1, -0.05) is 93.9 Å². The second kappa shape index (κ2) is 9.56. The zero-order valence-corrected chi connectivity index (χ0v) is 22.6. The number of benzene rings is 3. The zero-order chi connectivity index (χ0) is 24.5. The molecule has 0 saturated carbocycles. The first-order valence-corrected chi connectivity index (χ1v) is 14.1. The number of allylic oxidation sites excluding steroid dienone is 1. The molecule has 0 saturated heterocycles.